The summed E-state index contributed by atoms with van der Waals surface area (Å²) in [6.45, 7) is 0. The van der Waals surface area contributed by atoms with E-state index in [2.05, 4.69) is 15.8 Å². The maximum absolute atomic E-state index is 12.4. The molecule has 20 heavy (non-hydrogen) atoms. The summed E-state index contributed by atoms with van der Waals surface area (Å²) in [5.74, 6) is 0. The molecule has 2 rings (SSSR count). The first-order valence-electron chi connectivity index (χ1n) is 6.54. The van der Waals surface area contributed by atoms with Gasteiger partial charge in [-0.2, -0.15) is 9.98 Å². The van der Waals surface area contributed by atoms with Gasteiger partial charge in [0.1, 0.15) is 10.4 Å². The molecule has 0 spiro atoms. The monoisotopic (exact) mass is 313 g/mol. The van der Waals surface area contributed by atoms with Crippen molar-refractivity contribution in [1.82, 2.24) is 9.71 Å². The molecule has 1 N–H and O–H groups in total. The lowest BCUT2D eigenvalue weighted by Crippen LogP contribution is -2.46. The number of pyridine rings is 1. The molecule has 1 saturated carbocycles. The molecule has 5 nitrogen and oxygen atoms in total. The van der Waals surface area contributed by atoms with E-state index in [-0.39, 0.29) is 9.92 Å². The second-order valence-corrected chi connectivity index (χ2v) is 7.08. The molecule has 0 saturated heterocycles. The molecule has 0 aromatic carbocycles. The van der Waals surface area contributed by atoms with Gasteiger partial charge in [0.25, 0.3) is 0 Å². The van der Waals surface area contributed by atoms with Crippen LogP contribution in [0, 0.1) is 11.3 Å². The minimum atomic E-state index is -3.84. The third-order valence-corrected chi connectivity index (χ3v) is 5.53. The molecular formula is C13H16ClN3O2S. The number of rotatable bonds is 3. The zero-order chi connectivity index (χ0) is 14.6. The van der Waals surface area contributed by atoms with Crippen LogP contribution in [0.5, 0.6) is 0 Å². The Bertz CT molecular complexity index is 617. The van der Waals surface area contributed by atoms with E-state index < -0.39 is 15.6 Å². The first-order chi connectivity index (χ1) is 9.49. The Labute approximate surface area is 124 Å². The quantitative estimate of drug-likeness (QED) is 0.869. The molecule has 0 aliphatic heterocycles. The lowest BCUT2D eigenvalue weighted by Gasteiger charge is -2.26. The largest absolute Gasteiger partial charge is 0.263 e. The molecule has 0 radical (unpaired) electrons. The Morgan fingerprint density at radius 3 is 2.50 bits per heavy atom. The average molecular weight is 314 g/mol. The summed E-state index contributed by atoms with van der Waals surface area (Å²) < 4.78 is 27.4. The van der Waals surface area contributed by atoms with Gasteiger partial charge in [0, 0.05) is 12.4 Å². The summed E-state index contributed by atoms with van der Waals surface area (Å²) >= 11 is 5.91. The Hall–Kier alpha value is -1.16. The summed E-state index contributed by atoms with van der Waals surface area (Å²) in [6.07, 6.45) is 7.42. The average Bonchev–Trinajstić information content (AvgIpc) is 2.64. The van der Waals surface area contributed by atoms with E-state index in [9.17, 15) is 13.7 Å². The van der Waals surface area contributed by atoms with Crippen LogP contribution in [0.3, 0.4) is 0 Å². The number of halogens is 1. The number of sulfonamides is 1. The first kappa shape index (κ1) is 15.2. The highest BCUT2D eigenvalue weighted by atomic mass is 35.5. The number of hydrogen-bond donors (Lipinski definition) is 1. The predicted octanol–water partition coefficient (Wildman–Crippen LogP) is 2.63. The van der Waals surface area contributed by atoms with Gasteiger partial charge in [-0.15, -0.1) is 0 Å². The fourth-order valence-corrected chi connectivity index (χ4v) is 4.25. The molecule has 1 aliphatic rings. The zero-order valence-corrected chi connectivity index (χ0v) is 12.5. The third-order valence-electron chi connectivity index (χ3n) is 3.52. The minimum absolute atomic E-state index is 0.0828. The van der Waals surface area contributed by atoms with Gasteiger partial charge in [0.2, 0.25) is 10.0 Å². The van der Waals surface area contributed by atoms with E-state index in [4.69, 9.17) is 11.6 Å². The van der Waals surface area contributed by atoms with Crippen molar-refractivity contribution < 1.29 is 8.42 Å². The van der Waals surface area contributed by atoms with Crippen LogP contribution < -0.4 is 4.72 Å². The highest BCUT2D eigenvalue weighted by Gasteiger charge is 2.36. The number of hydrogen-bond acceptors (Lipinski definition) is 4. The molecule has 7 heteroatoms. The molecule has 1 fully saturated rings. The van der Waals surface area contributed by atoms with Crippen molar-refractivity contribution in [3.05, 3.63) is 23.5 Å². The van der Waals surface area contributed by atoms with Gasteiger partial charge in [-0.1, -0.05) is 37.3 Å². The maximum Gasteiger partial charge on any atom is 0.244 e. The van der Waals surface area contributed by atoms with Crippen molar-refractivity contribution in [2.45, 2.75) is 49.0 Å². The molecule has 1 aliphatic carbocycles. The third kappa shape index (κ3) is 3.29. The van der Waals surface area contributed by atoms with Crippen LogP contribution >= 0.6 is 11.6 Å². The van der Waals surface area contributed by atoms with Crippen LogP contribution in [0.15, 0.2) is 23.4 Å². The molecule has 0 bridgehead atoms. The summed E-state index contributed by atoms with van der Waals surface area (Å²) in [7, 11) is -3.84. The fourth-order valence-electron chi connectivity index (χ4n) is 2.44. The molecular weight excluding hydrogens is 298 g/mol. The Kier molecular flexibility index (Phi) is 4.63. The predicted molar refractivity (Wildman–Crippen MR) is 75.6 cm³/mol. The van der Waals surface area contributed by atoms with Crippen LogP contribution in [-0.4, -0.2) is 18.9 Å². The highest BCUT2D eigenvalue weighted by molar-refractivity contribution is 7.89. The minimum Gasteiger partial charge on any atom is -0.263 e. The lowest BCUT2D eigenvalue weighted by molar-refractivity contribution is 0.422. The Morgan fingerprint density at radius 2 is 1.95 bits per heavy atom. The van der Waals surface area contributed by atoms with Crippen molar-refractivity contribution in [1.29, 1.82) is 5.26 Å². The van der Waals surface area contributed by atoms with Gasteiger partial charge in [0.15, 0.2) is 0 Å². The van der Waals surface area contributed by atoms with Gasteiger partial charge >= 0.3 is 0 Å². The van der Waals surface area contributed by atoms with Crippen LogP contribution in [0.4, 0.5) is 0 Å². The maximum atomic E-state index is 12.4. The van der Waals surface area contributed by atoms with Gasteiger partial charge in [-0.3, -0.25) is 4.98 Å². The Morgan fingerprint density at radius 1 is 1.30 bits per heavy atom. The number of aromatic nitrogens is 1. The zero-order valence-electron chi connectivity index (χ0n) is 11.0. The summed E-state index contributed by atoms with van der Waals surface area (Å²) in [5.41, 5.74) is -1.03. The number of nitriles is 1. The summed E-state index contributed by atoms with van der Waals surface area (Å²) in [4.78, 5) is 3.70. The van der Waals surface area contributed by atoms with Gasteiger partial charge < -0.3 is 0 Å². The molecule has 0 atom stereocenters. The van der Waals surface area contributed by atoms with Crippen LogP contribution in [0.25, 0.3) is 0 Å². The van der Waals surface area contributed by atoms with Crippen molar-refractivity contribution >= 4 is 21.6 Å². The molecule has 1 aromatic rings. The topological polar surface area (TPSA) is 82.9 Å². The van der Waals surface area contributed by atoms with E-state index in [1.54, 1.807) is 0 Å². The van der Waals surface area contributed by atoms with Crippen LogP contribution in [-0.2, 0) is 10.0 Å². The van der Waals surface area contributed by atoms with Gasteiger partial charge in [0.05, 0.1) is 11.1 Å². The normalized spacial score (nSPS) is 19.0. The van der Waals surface area contributed by atoms with E-state index in [0.29, 0.717) is 12.8 Å². The second-order valence-electron chi connectivity index (χ2n) is 5.02. The second kappa shape index (κ2) is 6.08. The van der Waals surface area contributed by atoms with Crippen LogP contribution in [0.1, 0.15) is 38.5 Å². The smallest absolute Gasteiger partial charge is 0.244 e. The van der Waals surface area contributed by atoms with E-state index in [1.807, 2.05) is 0 Å². The molecule has 108 valence electrons. The van der Waals surface area contributed by atoms with Crippen LogP contribution in [0.2, 0.25) is 5.02 Å². The fraction of sp³-hybridized carbons (Fsp3) is 0.538. The standard InChI is InChI=1S/C13H16ClN3O2S/c14-11-5-8-16-9-12(11)20(18,19)17-13(10-15)6-3-1-2-4-7-13/h5,8-9,17H,1-4,6-7H2. The summed E-state index contributed by atoms with van der Waals surface area (Å²) in [6, 6.07) is 3.57. The molecule has 0 unspecified atom stereocenters. The molecule has 1 heterocycles. The lowest BCUT2D eigenvalue weighted by atomic mass is 9.94. The number of nitrogens with zero attached hydrogens (tertiary/aromatic N) is 2. The van der Waals surface area contributed by atoms with E-state index in [1.165, 1.54) is 18.5 Å². The Balaban J connectivity index is 2.31. The van der Waals surface area contributed by atoms with E-state index in [0.717, 1.165) is 25.7 Å². The first-order valence-corrected chi connectivity index (χ1v) is 8.40. The van der Waals surface area contributed by atoms with Crippen molar-refractivity contribution in [3.8, 4) is 6.07 Å². The SMILES string of the molecule is N#CC1(NS(=O)(=O)c2cnccc2Cl)CCCCCC1. The molecule has 1 aromatic heterocycles. The van der Waals surface area contributed by atoms with Gasteiger partial charge in [-0.25, -0.2) is 8.42 Å². The van der Waals surface area contributed by atoms with E-state index >= 15 is 0 Å². The van der Waals surface area contributed by atoms with Gasteiger partial charge in [-0.05, 0) is 18.9 Å². The highest BCUT2D eigenvalue weighted by Crippen LogP contribution is 2.29. The van der Waals surface area contributed by atoms with Crippen molar-refractivity contribution in [2.75, 3.05) is 0 Å². The molecule has 0 amide bonds. The van der Waals surface area contributed by atoms with Crippen molar-refractivity contribution in [2.24, 2.45) is 0 Å². The van der Waals surface area contributed by atoms with Crippen molar-refractivity contribution in [3.63, 3.8) is 0 Å². The summed E-state index contributed by atoms with van der Waals surface area (Å²) in [5, 5.41) is 9.53. The number of nitrogens with one attached hydrogen (secondary N) is 1.